The Kier molecular flexibility index (Phi) is 4.18. The van der Waals surface area contributed by atoms with E-state index in [0.29, 0.717) is 12.0 Å². The zero-order chi connectivity index (χ0) is 11.4. The second kappa shape index (κ2) is 5.64. The predicted molar refractivity (Wildman–Crippen MR) is 62.2 cm³/mol. The second-order valence-electron chi connectivity index (χ2n) is 4.80. The van der Waals surface area contributed by atoms with E-state index in [1.165, 1.54) is 0 Å². The van der Waals surface area contributed by atoms with E-state index in [0.717, 1.165) is 51.9 Å². The third-order valence-electron chi connectivity index (χ3n) is 3.73. The van der Waals surface area contributed by atoms with E-state index in [1.807, 2.05) is 4.90 Å². The van der Waals surface area contributed by atoms with E-state index in [9.17, 15) is 4.79 Å². The van der Waals surface area contributed by atoms with Crippen molar-refractivity contribution in [2.45, 2.75) is 31.8 Å². The van der Waals surface area contributed by atoms with Crippen LogP contribution in [0, 0.1) is 5.92 Å². The Morgan fingerprint density at radius 2 is 2.06 bits per heavy atom. The maximum absolute atomic E-state index is 12.2. The number of nitrogens with one attached hydrogen (secondary N) is 1. The van der Waals surface area contributed by atoms with E-state index in [-0.39, 0.29) is 5.92 Å². The quantitative estimate of drug-likeness (QED) is 0.750. The Labute approximate surface area is 97.3 Å². The lowest BCUT2D eigenvalue weighted by Gasteiger charge is -2.34. The van der Waals surface area contributed by atoms with E-state index < -0.39 is 0 Å². The van der Waals surface area contributed by atoms with Crippen molar-refractivity contribution in [2.24, 2.45) is 5.92 Å². The van der Waals surface area contributed by atoms with Gasteiger partial charge in [-0.1, -0.05) is 0 Å². The molecule has 1 atom stereocenters. The summed E-state index contributed by atoms with van der Waals surface area (Å²) in [5.74, 6) is 0.564. The lowest BCUT2D eigenvalue weighted by molar-refractivity contribution is -0.138. The smallest absolute Gasteiger partial charge is 0.226 e. The summed E-state index contributed by atoms with van der Waals surface area (Å²) < 4.78 is 5.31. The number of rotatable bonds is 2. The Bertz CT molecular complexity index is 231. The molecule has 0 aliphatic carbocycles. The van der Waals surface area contributed by atoms with Crippen LogP contribution in [0.15, 0.2) is 0 Å². The van der Waals surface area contributed by atoms with Crippen molar-refractivity contribution in [1.82, 2.24) is 10.2 Å². The van der Waals surface area contributed by atoms with Gasteiger partial charge in [0, 0.05) is 26.7 Å². The first-order chi connectivity index (χ1) is 7.81. The van der Waals surface area contributed by atoms with Gasteiger partial charge >= 0.3 is 0 Å². The molecule has 2 heterocycles. The van der Waals surface area contributed by atoms with Crippen molar-refractivity contribution in [3.05, 3.63) is 0 Å². The third kappa shape index (κ3) is 2.74. The Hall–Kier alpha value is -0.610. The highest BCUT2D eigenvalue weighted by Crippen LogP contribution is 2.18. The molecule has 0 saturated carbocycles. The molecular weight excluding hydrogens is 204 g/mol. The molecule has 2 rings (SSSR count). The van der Waals surface area contributed by atoms with Crippen LogP contribution in [0.25, 0.3) is 0 Å². The highest BCUT2D eigenvalue weighted by molar-refractivity contribution is 5.79. The molecule has 4 heteroatoms. The number of piperidine rings is 2. The molecule has 0 aromatic rings. The van der Waals surface area contributed by atoms with Crippen LogP contribution in [-0.4, -0.2) is 50.2 Å². The van der Waals surface area contributed by atoms with Gasteiger partial charge in [0.2, 0.25) is 5.91 Å². The molecule has 4 nitrogen and oxygen atoms in total. The lowest BCUT2D eigenvalue weighted by atomic mass is 9.96. The summed E-state index contributed by atoms with van der Waals surface area (Å²) >= 11 is 0. The van der Waals surface area contributed by atoms with Crippen LogP contribution in [0.3, 0.4) is 0 Å². The van der Waals surface area contributed by atoms with Gasteiger partial charge in [0.25, 0.3) is 0 Å². The van der Waals surface area contributed by atoms with Crippen molar-refractivity contribution in [1.29, 1.82) is 0 Å². The topological polar surface area (TPSA) is 41.6 Å². The molecule has 92 valence electrons. The van der Waals surface area contributed by atoms with E-state index in [4.69, 9.17) is 4.74 Å². The minimum atomic E-state index is 0.216. The monoisotopic (exact) mass is 226 g/mol. The third-order valence-corrected chi connectivity index (χ3v) is 3.73. The van der Waals surface area contributed by atoms with Crippen LogP contribution in [0.5, 0.6) is 0 Å². The summed E-state index contributed by atoms with van der Waals surface area (Å²) in [6.45, 7) is 3.67. The molecule has 2 aliphatic heterocycles. The van der Waals surface area contributed by atoms with Crippen molar-refractivity contribution in [2.75, 3.05) is 33.3 Å². The minimum Gasteiger partial charge on any atom is -0.381 e. The number of hydrogen-bond acceptors (Lipinski definition) is 3. The SMILES string of the molecule is COC1CCN(C(=O)[C@H]2CCCNC2)CC1. The van der Waals surface area contributed by atoms with Gasteiger partial charge in [-0.2, -0.15) is 0 Å². The highest BCUT2D eigenvalue weighted by atomic mass is 16.5. The molecule has 0 bridgehead atoms. The van der Waals surface area contributed by atoms with Crippen LogP contribution < -0.4 is 5.32 Å². The summed E-state index contributed by atoms with van der Waals surface area (Å²) in [5, 5.41) is 3.30. The van der Waals surface area contributed by atoms with Gasteiger partial charge in [0.05, 0.1) is 12.0 Å². The van der Waals surface area contributed by atoms with Gasteiger partial charge in [-0.25, -0.2) is 0 Å². The average Bonchev–Trinajstić information content (AvgIpc) is 2.39. The zero-order valence-corrected chi connectivity index (χ0v) is 10.1. The van der Waals surface area contributed by atoms with Crippen molar-refractivity contribution in [3.63, 3.8) is 0 Å². The molecule has 0 aromatic carbocycles. The van der Waals surface area contributed by atoms with Gasteiger partial charge < -0.3 is 15.0 Å². The maximum atomic E-state index is 12.2. The Morgan fingerprint density at radius 3 is 2.62 bits per heavy atom. The number of ether oxygens (including phenoxy) is 1. The first kappa shape index (κ1) is 11.9. The molecule has 16 heavy (non-hydrogen) atoms. The van der Waals surface area contributed by atoms with Crippen molar-refractivity contribution < 1.29 is 9.53 Å². The minimum absolute atomic E-state index is 0.216. The number of carbonyl (C=O) groups is 1. The molecule has 0 radical (unpaired) electrons. The number of amides is 1. The predicted octanol–water partition coefficient (Wildman–Crippen LogP) is 0.623. The number of likely N-dealkylation sites (tertiary alicyclic amines) is 1. The number of nitrogens with zero attached hydrogens (tertiary/aromatic N) is 1. The van der Waals surface area contributed by atoms with Crippen LogP contribution in [0.2, 0.25) is 0 Å². The van der Waals surface area contributed by atoms with E-state index in [2.05, 4.69) is 5.32 Å². The number of carbonyl (C=O) groups excluding carboxylic acids is 1. The van der Waals surface area contributed by atoms with Gasteiger partial charge in [-0.05, 0) is 32.2 Å². The van der Waals surface area contributed by atoms with Crippen LogP contribution in [0.4, 0.5) is 0 Å². The molecule has 0 spiro atoms. The Balaban J connectivity index is 1.81. The van der Waals surface area contributed by atoms with Crippen molar-refractivity contribution >= 4 is 5.91 Å². The maximum Gasteiger partial charge on any atom is 0.226 e. The molecule has 1 amide bonds. The van der Waals surface area contributed by atoms with Gasteiger partial charge in [-0.3, -0.25) is 4.79 Å². The van der Waals surface area contributed by atoms with Gasteiger partial charge in [-0.15, -0.1) is 0 Å². The molecule has 2 aliphatic rings. The lowest BCUT2D eigenvalue weighted by Crippen LogP contribution is -2.47. The second-order valence-corrected chi connectivity index (χ2v) is 4.80. The summed E-state index contributed by atoms with van der Waals surface area (Å²) in [6.07, 6.45) is 4.51. The number of methoxy groups -OCH3 is 1. The van der Waals surface area contributed by atoms with Crippen LogP contribution in [0.1, 0.15) is 25.7 Å². The fourth-order valence-electron chi connectivity index (χ4n) is 2.63. The fourth-order valence-corrected chi connectivity index (χ4v) is 2.63. The van der Waals surface area contributed by atoms with Gasteiger partial charge in [0.15, 0.2) is 0 Å². The molecule has 1 N–H and O–H groups in total. The van der Waals surface area contributed by atoms with Crippen LogP contribution >= 0.6 is 0 Å². The van der Waals surface area contributed by atoms with E-state index >= 15 is 0 Å². The first-order valence-electron chi connectivity index (χ1n) is 6.33. The van der Waals surface area contributed by atoms with Gasteiger partial charge in [0.1, 0.15) is 0 Å². The normalized spacial score (nSPS) is 28.1. The standard InChI is InChI=1S/C12H22N2O2/c1-16-11-4-7-14(8-5-11)12(15)10-3-2-6-13-9-10/h10-11,13H,2-9H2,1H3/t10-/m0/s1. The summed E-state index contributed by atoms with van der Waals surface area (Å²) in [5.41, 5.74) is 0. The highest BCUT2D eigenvalue weighted by Gasteiger charge is 2.28. The van der Waals surface area contributed by atoms with Crippen LogP contribution in [-0.2, 0) is 9.53 Å². The molecular formula is C12H22N2O2. The molecule has 0 aromatic heterocycles. The van der Waals surface area contributed by atoms with E-state index in [1.54, 1.807) is 7.11 Å². The number of hydrogen-bond donors (Lipinski definition) is 1. The van der Waals surface area contributed by atoms with Crippen molar-refractivity contribution in [3.8, 4) is 0 Å². The largest absolute Gasteiger partial charge is 0.381 e. The summed E-state index contributed by atoms with van der Waals surface area (Å²) in [4.78, 5) is 14.2. The first-order valence-corrected chi connectivity index (χ1v) is 6.33. The zero-order valence-electron chi connectivity index (χ0n) is 10.1. The summed E-state index contributed by atoms with van der Waals surface area (Å²) in [7, 11) is 1.76. The molecule has 0 unspecified atom stereocenters. The fraction of sp³-hybridized carbons (Fsp3) is 0.917. The average molecular weight is 226 g/mol. The summed E-state index contributed by atoms with van der Waals surface area (Å²) in [6, 6.07) is 0. The Morgan fingerprint density at radius 1 is 1.31 bits per heavy atom. The molecule has 2 fully saturated rings. The molecule has 2 saturated heterocycles.